The van der Waals surface area contributed by atoms with Crippen molar-refractivity contribution in [2.24, 2.45) is 0 Å². The molecule has 32 heavy (non-hydrogen) atoms. The average molecular weight is 575 g/mol. The van der Waals surface area contributed by atoms with Crippen molar-refractivity contribution >= 4 is 55.4 Å². The van der Waals surface area contributed by atoms with E-state index in [1.807, 2.05) is 0 Å². The summed E-state index contributed by atoms with van der Waals surface area (Å²) >= 11 is 6.62. The van der Waals surface area contributed by atoms with Crippen LogP contribution in [0.3, 0.4) is 0 Å². The molecule has 0 spiro atoms. The van der Waals surface area contributed by atoms with Crippen LogP contribution in [0.5, 0.6) is 17.2 Å². The van der Waals surface area contributed by atoms with Gasteiger partial charge in [-0.25, -0.2) is 9.59 Å². The lowest BCUT2D eigenvalue weighted by molar-refractivity contribution is -0.119. The zero-order valence-electron chi connectivity index (χ0n) is 17.7. The molecule has 0 aliphatic rings. The lowest BCUT2D eigenvalue weighted by Gasteiger charge is -2.18. The van der Waals surface area contributed by atoms with Gasteiger partial charge in [0, 0.05) is 5.69 Å². The fraction of sp³-hybridized carbons (Fsp3) is 0.286. The van der Waals surface area contributed by atoms with Gasteiger partial charge in [0.1, 0.15) is 0 Å². The SMILES string of the molecule is CCOC(=O)c1ccc(NC(=O)COC(=O)c2c(Br)c(OC)c(OC)c(OC)c2Br)cc1. The summed E-state index contributed by atoms with van der Waals surface area (Å²) in [6.45, 7) is 1.43. The number of hydrogen-bond acceptors (Lipinski definition) is 8. The Labute approximate surface area is 201 Å². The molecule has 0 fully saturated rings. The molecule has 11 heteroatoms. The molecular weight excluding hydrogens is 554 g/mol. The van der Waals surface area contributed by atoms with Crippen LogP contribution in [0.1, 0.15) is 27.6 Å². The number of ether oxygens (including phenoxy) is 5. The summed E-state index contributed by atoms with van der Waals surface area (Å²) in [5.41, 5.74) is 0.841. The van der Waals surface area contributed by atoms with Crippen LogP contribution < -0.4 is 19.5 Å². The van der Waals surface area contributed by atoms with Gasteiger partial charge in [-0.05, 0) is 63.0 Å². The predicted molar refractivity (Wildman–Crippen MR) is 123 cm³/mol. The Kier molecular flexibility index (Phi) is 9.33. The lowest BCUT2D eigenvalue weighted by Crippen LogP contribution is -2.21. The number of anilines is 1. The van der Waals surface area contributed by atoms with E-state index in [9.17, 15) is 14.4 Å². The Bertz CT molecular complexity index is 977. The van der Waals surface area contributed by atoms with E-state index in [2.05, 4.69) is 37.2 Å². The molecule has 0 atom stereocenters. The average Bonchev–Trinajstić information content (AvgIpc) is 2.78. The third kappa shape index (κ3) is 5.71. The van der Waals surface area contributed by atoms with Gasteiger partial charge in [-0.15, -0.1) is 0 Å². The summed E-state index contributed by atoms with van der Waals surface area (Å²) in [6.07, 6.45) is 0. The first-order chi connectivity index (χ1) is 15.3. The van der Waals surface area contributed by atoms with Crippen molar-refractivity contribution in [1.82, 2.24) is 0 Å². The normalized spacial score (nSPS) is 10.2. The monoisotopic (exact) mass is 573 g/mol. The Morgan fingerprint density at radius 2 is 1.34 bits per heavy atom. The molecule has 0 heterocycles. The highest BCUT2D eigenvalue weighted by molar-refractivity contribution is 9.11. The molecule has 0 unspecified atom stereocenters. The predicted octanol–water partition coefficient (Wildman–Crippen LogP) is 4.21. The van der Waals surface area contributed by atoms with E-state index in [0.717, 1.165) is 0 Å². The van der Waals surface area contributed by atoms with Crippen LogP contribution in [0.4, 0.5) is 5.69 Å². The van der Waals surface area contributed by atoms with E-state index in [1.54, 1.807) is 19.1 Å². The van der Waals surface area contributed by atoms with Crippen molar-refractivity contribution in [3.05, 3.63) is 44.3 Å². The van der Waals surface area contributed by atoms with Crippen molar-refractivity contribution < 1.29 is 38.1 Å². The zero-order valence-corrected chi connectivity index (χ0v) is 20.9. The molecule has 2 aromatic carbocycles. The van der Waals surface area contributed by atoms with Crippen LogP contribution in [-0.4, -0.2) is 52.4 Å². The maximum Gasteiger partial charge on any atom is 0.341 e. The van der Waals surface area contributed by atoms with Crippen LogP contribution in [0.15, 0.2) is 33.2 Å². The van der Waals surface area contributed by atoms with Gasteiger partial charge in [0.2, 0.25) is 5.75 Å². The molecule has 0 aliphatic heterocycles. The number of methoxy groups -OCH3 is 3. The number of hydrogen-bond donors (Lipinski definition) is 1. The first-order valence-corrected chi connectivity index (χ1v) is 10.8. The Balaban J connectivity index is 2.11. The van der Waals surface area contributed by atoms with Crippen LogP contribution in [0.2, 0.25) is 0 Å². The largest absolute Gasteiger partial charge is 0.492 e. The van der Waals surface area contributed by atoms with E-state index in [4.69, 9.17) is 23.7 Å². The quantitative estimate of drug-likeness (QED) is 0.444. The second kappa shape index (κ2) is 11.7. The van der Waals surface area contributed by atoms with E-state index in [1.165, 1.54) is 33.5 Å². The van der Waals surface area contributed by atoms with Gasteiger partial charge in [-0.1, -0.05) is 0 Å². The molecule has 0 aromatic heterocycles. The topological polar surface area (TPSA) is 109 Å². The van der Waals surface area contributed by atoms with Gasteiger partial charge in [-0.3, -0.25) is 4.79 Å². The fourth-order valence-electron chi connectivity index (χ4n) is 2.66. The molecule has 2 rings (SSSR count). The summed E-state index contributed by atoms with van der Waals surface area (Å²) in [6, 6.07) is 6.12. The van der Waals surface area contributed by atoms with Gasteiger partial charge in [0.05, 0.1) is 48.0 Å². The summed E-state index contributed by atoms with van der Waals surface area (Å²) in [4.78, 5) is 36.6. The Hall–Kier alpha value is -2.79. The minimum absolute atomic E-state index is 0.0612. The van der Waals surface area contributed by atoms with Crippen molar-refractivity contribution in [2.45, 2.75) is 6.92 Å². The third-order valence-corrected chi connectivity index (χ3v) is 5.59. The second-order valence-electron chi connectivity index (χ2n) is 6.02. The number of carbonyl (C=O) groups excluding carboxylic acids is 3. The van der Waals surface area contributed by atoms with Crippen LogP contribution in [0.25, 0.3) is 0 Å². The molecule has 0 aliphatic carbocycles. The van der Waals surface area contributed by atoms with Crippen LogP contribution >= 0.6 is 31.9 Å². The highest BCUT2D eigenvalue weighted by atomic mass is 79.9. The van der Waals surface area contributed by atoms with Gasteiger partial charge in [0.15, 0.2) is 18.1 Å². The molecule has 172 valence electrons. The molecule has 0 radical (unpaired) electrons. The molecular formula is C21H21Br2NO8. The number of rotatable bonds is 9. The third-order valence-electron chi connectivity index (χ3n) is 4.08. The summed E-state index contributed by atoms with van der Waals surface area (Å²) < 4.78 is 26.5. The molecule has 1 amide bonds. The van der Waals surface area contributed by atoms with Crippen molar-refractivity contribution in [3.8, 4) is 17.2 Å². The van der Waals surface area contributed by atoms with Crippen LogP contribution in [-0.2, 0) is 14.3 Å². The molecule has 0 saturated heterocycles. The van der Waals surface area contributed by atoms with Crippen molar-refractivity contribution in [1.29, 1.82) is 0 Å². The first kappa shape index (κ1) is 25.5. The Morgan fingerprint density at radius 1 is 0.812 bits per heavy atom. The highest BCUT2D eigenvalue weighted by Gasteiger charge is 2.29. The number of carbonyl (C=O) groups is 3. The van der Waals surface area contributed by atoms with Crippen molar-refractivity contribution in [2.75, 3.05) is 39.9 Å². The summed E-state index contributed by atoms with van der Waals surface area (Å²) in [5, 5.41) is 2.58. The lowest BCUT2D eigenvalue weighted by atomic mass is 10.2. The smallest absolute Gasteiger partial charge is 0.341 e. The fourth-order valence-corrected chi connectivity index (χ4v) is 4.33. The number of amides is 1. The number of halogens is 2. The van der Waals surface area contributed by atoms with E-state index in [0.29, 0.717) is 11.3 Å². The molecule has 9 nitrogen and oxygen atoms in total. The van der Waals surface area contributed by atoms with Gasteiger partial charge in [0.25, 0.3) is 5.91 Å². The minimum atomic E-state index is -0.796. The number of benzene rings is 2. The maximum absolute atomic E-state index is 12.7. The second-order valence-corrected chi connectivity index (χ2v) is 7.61. The van der Waals surface area contributed by atoms with E-state index >= 15 is 0 Å². The molecule has 0 bridgehead atoms. The van der Waals surface area contributed by atoms with E-state index in [-0.39, 0.29) is 38.4 Å². The van der Waals surface area contributed by atoms with Crippen molar-refractivity contribution in [3.63, 3.8) is 0 Å². The highest BCUT2D eigenvalue weighted by Crippen LogP contribution is 2.50. The Morgan fingerprint density at radius 3 is 1.81 bits per heavy atom. The number of esters is 2. The van der Waals surface area contributed by atoms with Gasteiger partial charge in [-0.2, -0.15) is 0 Å². The zero-order chi connectivity index (χ0) is 23.8. The van der Waals surface area contributed by atoms with Crippen LogP contribution in [0, 0.1) is 0 Å². The summed E-state index contributed by atoms with van der Waals surface area (Å²) in [7, 11) is 4.25. The summed E-state index contributed by atoms with van der Waals surface area (Å²) in [5.74, 6) is -1.09. The minimum Gasteiger partial charge on any atom is -0.492 e. The first-order valence-electron chi connectivity index (χ1n) is 9.20. The molecule has 2 aromatic rings. The van der Waals surface area contributed by atoms with E-state index < -0.39 is 24.5 Å². The standard InChI is InChI=1S/C21H21Br2NO8/c1-5-31-20(26)11-6-8-12(9-7-11)24-13(25)10-32-21(27)14-15(22)17(28-2)19(30-4)18(29-3)16(14)23/h6-9H,5,10H2,1-4H3,(H,24,25). The number of nitrogens with one attached hydrogen (secondary N) is 1. The molecule has 1 N–H and O–H groups in total. The van der Waals surface area contributed by atoms with Gasteiger partial charge < -0.3 is 29.0 Å². The molecule has 0 saturated carbocycles. The maximum atomic E-state index is 12.7. The van der Waals surface area contributed by atoms with Gasteiger partial charge >= 0.3 is 11.9 Å².